The fourth-order valence-electron chi connectivity index (χ4n) is 2.40. The van der Waals surface area contributed by atoms with Crippen molar-refractivity contribution in [2.45, 2.75) is 26.8 Å². The highest BCUT2D eigenvalue weighted by molar-refractivity contribution is 5.85. The van der Waals surface area contributed by atoms with E-state index in [1.165, 1.54) is 11.1 Å². The molecule has 0 atom stereocenters. The van der Waals surface area contributed by atoms with E-state index in [4.69, 9.17) is 10.5 Å². The van der Waals surface area contributed by atoms with Crippen molar-refractivity contribution < 1.29 is 4.74 Å². The number of hydrogen-bond acceptors (Lipinski definition) is 2. The number of rotatable bonds is 5. The Balaban J connectivity index is 0.00000220. The van der Waals surface area contributed by atoms with Gasteiger partial charge >= 0.3 is 0 Å². The van der Waals surface area contributed by atoms with Gasteiger partial charge in [-0.05, 0) is 35.1 Å². The van der Waals surface area contributed by atoms with Crippen LogP contribution in [-0.4, -0.2) is 7.11 Å². The third-order valence-electron chi connectivity index (χ3n) is 3.44. The molecule has 2 rings (SSSR count). The monoisotopic (exact) mass is 305 g/mol. The lowest BCUT2D eigenvalue weighted by Crippen LogP contribution is -1.99. The molecular formula is C18H24ClNO. The second-order valence-electron chi connectivity index (χ2n) is 5.53. The van der Waals surface area contributed by atoms with Gasteiger partial charge in [0, 0.05) is 12.1 Å². The zero-order chi connectivity index (χ0) is 14.5. The highest BCUT2D eigenvalue weighted by atomic mass is 35.5. The average Bonchev–Trinajstić information content (AvgIpc) is 2.46. The number of halogens is 1. The molecule has 0 aromatic heterocycles. The Morgan fingerprint density at radius 3 is 2.14 bits per heavy atom. The van der Waals surface area contributed by atoms with Crippen LogP contribution in [0.4, 0.5) is 0 Å². The zero-order valence-corrected chi connectivity index (χ0v) is 13.7. The summed E-state index contributed by atoms with van der Waals surface area (Å²) in [6.45, 7) is 4.98. The molecule has 2 aromatic carbocycles. The van der Waals surface area contributed by atoms with Gasteiger partial charge in [0.1, 0.15) is 5.75 Å². The summed E-state index contributed by atoms with van der Waals surface area (Å²) in [5.41, 5.74) is 10.5. The Hall–Kier alpha value is -1.51. The molecule has 0 spiro atoms. The summed E-state index contributed by atoms with van der Waals surface area (Å²) in [7, 11) is 1.68. The van der Waals surface area contributed by atoms with Crippen molar-refractivity contribution in [3.8, 4) is 16.9 Å². The molecule has 0 amide bonds. The lowest BCUT2D eigenvalue weighted by atomic mass is 9.98. The van der Waals surface area contributed by atoms with Crippen molar-refractivity contribution in [1.29, 1.82) is 0 Å². The maximum absolute atomic E-state index is 5.70. The first-order valence-corrected chi connectivity index (χ1v) is 7.10. The molecule has 0 aliphatic carbocycles. The normalized spacial score (nSPS) is 10.3. The van der Waals surface area contributed by atoms with E-state index in [0.717, 1.165) is 23.3 Å². The van der Waals surface area contributed by atoms with Gasteiger partial charge in [0.05, 0.1) is 7.11 Å². The van der Waals surface area contributed by atoms with Crippen LogP contribution in [0.25, 0.3) is 11.1 Å². The Morgan fingerprint density at radius 2 is 1.62 bits per heavy atom. The lowest BCUT2D eigenvalue weighted by molar-refractivity contribution is 0.410. The predicted molar refractivity (Wildman–Crippen MR) is 92.1 cm³/mol. The topological polar surface area (TPSA) is 35.2 Å². The van der Waals surface area contributed by atoms with E-state index in [9.17, 15) is 0 Å². The van der Waals surface area contributed by atoms with Crippen molar-refractivity contribution >= 4 is 12.4 Å². The molecule has 0 saturated heterocycles. The molecule has 0 radical (unpaired) electrons. The number of methoxy groups -OCH3 is 1. The number of ether oxygens (including phenoxy) is 1. The SMILES string of the molecule is COc1cc(-c2ccc(CC(C)C)cc2)ccc1CN.Cl. The van der Waals surface area contributed by atoms with Gasteiger partial charge in [-0.3, -0.25) is 0 Å². The van der Waals surface area contributed by atoms with Gasteiger partial charge in [-0.25, -0.2) is 0 Å². The molecule has 2 nitrogen and oxygen atoms in total. The number of hydrogen-bond donors (Lipinski definition) is 1. The molecule has 0 saturated carbocycles. The fraction of sp³-hybridized carbons (Fsp3) is 0.333. The molecule has 0 aliphatic heterocycles. The largest absolute Gasteiger partial charge is 0.496 e. The highest BCUT2D eigenvalue weighted by Crippen LogP contribution is 2.27. The molecule has 3 heteroatoms. The number of benzene rings is 2. The number of nitrogens with two attached hydrogens (primary N) is 1. The third kappa shape index (κ3) is 4.48. The second kappa shape index (κ2) is 8.06. The predicted octanol–water partition coefficient (Wildman–Crippen LogP) is 4.44. The van der Waals surface area contributed by atoms with Crippen LogP contribution in [0.2, 0.25) is 0 Å². The van der Waals surface area contributed by atoms with Crippen LogP contribution in [0.5, 0.6) is 5.75 Å². The summed E-state index contributed by atoms with van der Waals surface area (Å²) in [4.78, 5) is 0. The smallest absolute Gasteiger partial charge is 0.123 e. The van der Waals surface area contributed by atoms with Gasteiger partial charge < -0.3 is 10.5 Å². The molecule has 21 heavy (non-hydrogen) atoms. The Kier molecular flexibility index (Phi) is 6.73. The summed E-state index contributed by atoms with van der Waals surface area (Å²) in [6.07, 6.45) is 1.12. The van der Waals surface area contributed by atoms with E-state index < -0.39 is 0 Å². The van der Waals surface area contributed by atoms with Crippen LogP contribution >= 0.6 is 12.4 Å². The maximum atomic E-state index is 5.70. The van der Waals surface area contributed by atoms with Gasteiger partial charge in [0.2, 0.25) is 0 Å². The molecule has 0 unspecified atom stereocenters. The molecular weight excluding hydrogens is 282 g/mol. The standard InChI is InChI=1S/C18H23NO.ClH/c1-13(2)10-14-4-6-15(7-5-14)16-8-9-17(12-19)18(11-16)20-3;/h4-9,11,13H,10,12,19H2,1-3H3;1H. The van der Waals surface area contributed by atoms with Crippen LogP contribution < -0.4 is 10.5 Å². The van der Waals surface area contributed by atoms with Crippen LogP contribution in [0, 0.1) is 5.92 Å². The van der Waals surface area contributed by atoms with E-state index in [0.29, 0.717) is 12.5 Å². The first kappa shape index (κ1) is 17.5. The zero-order valence-electron chi connectivity index (χ0n) is 12.9. The molecule has 0 aliphatic rings. The molecule has 0 bridgehead atoms. The Bertz CT molecular complexity index is 564. The second-order valence-corrected chi connectivity index (χ2v) is 5.53. The van der Waals surface area contributed by atoms with Crippen LogP contribution in [0.3, 0.4) is 0 Å². The van der Waals surface area contributed by atoms with Crippen LogP contribution in [-0.2, 0) is 13.0 Å². The van der Waals surface area contributed by atoms with E-state index in [-0.39, 0.29) is 12.4 Å². The van der Waals surface area contributed by atoms with E-state index in [2.05, 4.69) is 50.2 Å². The van der Waals surface area contributed by atoms with Crippen molar-refractivity contribution in [3.05, 3.63) is 53.6 Å². The minimum Gasteiger partial charge on any atom is -0.496 e. The lowest BCUT2D eigenvalue weighted by Gasteiger charge is -2.10. The van der Waals surface area contributed by atoms with Crippen LogP contribution in [0.15, 0.2) is 42.5 Å². The fourth-order valence-corrected chi connectivity index (χ4v) is 2.40. The van der Waals surface area contributed by atoms with E-state index in [1.807, 2.05) is 6.07 Å². The first-order chi connectivity index (χ1) is 9.63. The minimum absolute atomic E-state index is 0. The Labute approximate surface area is 133 Å². The van der Waals surface area contributed by atoms with E-state index in [1.54, 1.807) is 7.11 Å². The summed E-state index contributed by atoms with van der Waals surface area (Å²) in [5.74, 6) is 1.54. The van der Waals surface area contributed by atoms with Crippen molar-refractivity contribution in [2.24, 2.45) is 11.7 Å². The minimum atomic E-state index is 0. The van der Waals surface area contributed by atoms with Crippen molar-refractivity contribution in [3.63, 3.8) is 0 Å². The molecule has 114 valence electrons. The molecule has 0 heterocycles. The Morgan fingerprint density at radius 1 is 1.00 bits per heavy atom. The highest BCUT2D eigenvalue weighted by Gasteiger charge is 2.05. The summed E-state index contributed by atoms with van der Waals surface area (Å²) in [6, 6.07) is 15.0. The quantitative estimate of drug-likeness (QED) is 0.886. The summed E-state index contributed by atoms with van der Waals surface area (Å²) in [5, 5.41) is 0. The molecule has 2 N–H and O–H groups in total. The van der Waals surface area contributed by atoms with Crippen molar-refractivity contribution in [1.82, 2.24) is 0 Å². The van der Waals surface area contributed by atoms with E-state index >= 15 is 0 Å². The third-order valence-corrected chi connectivity index (χ3v) is 3.44. The summed E-state index contributed by atoms with van der Waals surface area (Å²) < 4.78 is 5.39. The average molecular weight is 306 g/mol. The van der Waals surface area contributed by atoms with Gasteiger partial charge in [0.15, 0.2) is 0 Å². The first-order valence-electron chi connectivity index (χ1n) is 7.10. The van der Waals surface area contributed by atoms with Crippen molar-refractivity contribution in [2.75, 3.05) is 7.11 Å². The van der Waals surface area contributed by atoms with Gasteiger partial charge in [-0.1, -0.05) is 50.2 Å². The summed E-state index contributed by atoms with van der Waals surface area (Å²) >= 11 is 0. The van der Waals surface area contributed by atoms with Gasteiger partial charge in [-0.2, -0.15) is 0 Å². The van der Waals surface area contributed by atoms with Crippen LogP contribution in [0.1, 0.15) is 25.0 Å². The maximum Gasteiger partial charge on any atom is 0.123 e. The molecule has 0 fully saturated rings. The van der Waals surface area contributed by atoms with Gasteiger partial charge in [0.25, 0.3) is 0 Å². The van der Waals surface area contributed by atoms with Gasteiger partial charge in [-0.15, -0.1) is 12.4 Å². The molecule has 2 aromatic rings.